The fourth-order valence-electron chi connectivity index (χ4n) is 4.66. The minimum Gasteiger partial charge on any atom is -0.369 e. The lowest BCUT2D eigenvalue weighted by atomic mass is 9.99. The van der Waals surface area contributed by atoms with Gasteiger partial charge in [-0.3, -0.25) is 14.6 Å². The molecular formula is C21H30N6O2. The molecule has 0 unspecified atom stereocenters. The summed E-state index contributed by atoms with van der Waals surface area (Å²) in [5, 5.41) is 12.3. The molecule has 156 valence electrons. The van der Waals surface area contributed by atoms with Crippen LogP contribution in [0.4, 0.5) is 5.82 Å². The van der Waals surface area contributed by atoms with E-state index in [0.29, 0.717) is 18.5 Å². The van der Waals surface area contributed by atoms with Crippen LogP contribution in [-0.4, -0.2) is 63.1 Å². The van der Waals surface area contributed by atoms with Crippen molar-refractivity contribution >= 4 is 11.7 Å². The highest BCUT2D eigenvalue weighted by molar-refractivity contribution is 5.94. The number of aromatic amines is 1. The van der Waals surface area contributed by atoms with Gasteiger partial charge in [-0.05, 0) is 26.7 Å². The number of nitrogens with zero attached hydrogens (tertiary/aromatic N) is 5. The fourth-order valence-corrected chi connectivity index (χ4v) is 4.66. The highest BCUT2D eigenvalue weighted by atomic mass is 16.5. The smallest absolute Gasteiger partial charge is 0.272 e. The summed E-state index contributed by atoms with van der Waals surface area (Å²) in [6.45, 7) is 9.32. The molecule has 2 atom stereocenters. The van der Waals surface area contributed by atoms with Crippen LogP contribution >= 0.6 is 0 Å². The van der Waals surface area contributed by atoms with E-state index in [1.165, 1.54) is 18.5 Å². The Hall–Kier alpha value is -2.35. The number of hydrogen-bond acceptors (Lipinski definition) is 5. The number of carbonyl (C=O) groups is 1. The molecule has 8 heteroatoms. The van der Waals surface area contributed by atoms with Crippen molar-refractivity contribution < 1.29 is 9.53 Å². The SMILES string of the molecule is C[C@@H]1Cc2c(nn(C)c2C(=O)N2CCN(c3cc(C4(C)CC4)[nH]n3)CC2)[C@H](C)O1. The van der Waals surface area contributed by atoms with Crippen LogP contribution in [0.2, 0.25) is 0 Å². The predicted molar refractivity (Wildman–Crippen MR) is 109 cm³/mol. The van der Waals surface area contributed by atoms with Crippen LogP contribution < -0.4 is 4.90 Å². The summed E-state index contributed by atoms with van der Waals surface area (Å²) in [5.74, 6) is 1.08. The largest absolute Gasteiger partial charge is 0.369 e. The molecule has 1 saturated heterocycles. The molecule has 1 aliphatic carbocycles. The Bertz CT molecular complexity index is 935. The minimum atomic E-state index is -0.0689. The highest BCUT2D eigenvalue weighted by Gasteiger charge is 2.41. The number of amides is 1. The van der Waals surface area contributed by atoms with E-state index in [-0.39, 0.29) is 18.1 Å². The number of fused-ring (bicyclic) bond motifs is 1. The number of nitrogens with one attached hydrogen (secondary N) is 1. The highest BCUT2D eigenvalue weighted by Crippen LogP contribution is 2.47. The molecule has 0 aromatic carbocycles. The average molecular weight is 399 g/mol. The van der Waals surface area contributed by atoms with Crippen LogP contribution in [0.5, 0.6) is 0 Å². The molecule has 5 rings (SSSR count). The van der Waals surface area contributed by atoms with Crippen LogP contribution in [0, 0.1) is 0 Å². The normalized spacial score (nSPS) is 25.8. The standard InChI is InChI=1S/C21H30N6O2/c1-13-11-15-18(14(2)29-13)24-25(4)19(15)20(28)27-9-7-26(8-10-27)17-12-16(22-23-17)21(3)5-6-21/h12-14H,5-11H2,1-4H3,(H,22,23)/t13-,14+/m1/s1. The van der Waals surface area contributed by atoms with E-state index in [0.717, 1.165) is 42.3 Å². The van der Waals surface area contributed by atoms with Gasteiger partial charge in [0.15, 0.2) is 5.82 Å². The molecular weight excluding hydrogens is 368 g/mol. The molecule has 2 aliphatic heterocycles. The number of anilines is 1. The molecule has 2 aromatic rings. The number of H-pyrrole nitrogens is 1. The topological polar surface area (TPSA) is 79.3 Å². The summed E-state index contributed by atoms with van der Waals surface area (Å²) < 4.78 is 7.63. The Morgan fingerprint density at radius 2 is 1.97 bits per heavy atom. The van der Waals surface area contributed by atoms with Crippen molar-refractivity contribution in [2.24, 2.45) is 7.05 Å². The summed E-state index contributed by atoms with van der Waals surface area (Å²) in [6.07, 6.45) is 3.24. The van der Waals surface area contributed by atoms with Gasteiger partial charge in [0.05, 0.1) is 17.9 Å². The molecule has 0 radical (unpaired) electrons. The maximum absolute atomic E-state index is 13.3. The number of rotatable bonds is 3. The van der Waals surface area contributed by atoms with Gasteiger partial charge in [-0.15, -0.1) is 0 Å². The van der Waals surface area contributed by atoms with Gasteiger partial charge in [0.25, 0.3) is 5.91 Å². The molecule has 0 bridgehead atoms. The Labute approximate surface area is 171 Å². The van der Waals surface area contributed by atoms with Crippen molar-refractivity contribution in [3.05, 3.63) is 28.7 Å². The maximum Gasteiger partial charge on any atom is 0.272 e. The number of hydrogen-bond donors (Lipinski definition) is 1. The number of carbonyl (C=O) groups excluding carboxylic acids is 1. The zero-order chi connectivity index (χ0) is 20.3. The van der Waals surface area contributed by atoms with Crippen LogP contribution in [0.1, 0.15) is 67.2 Å². The van der Waals surface area contributed by atoms with Gasteiger partial charge in [-0.2, -0.15) is 10.2 Å². The minimum absolute atomic E-state index is 0.0689. The first-order valence-electron chi connectivity index (χ1n) is 10.7. The van der Waals surface area contributed by atoms with E-state index < -0.39 is 0 Å². The Kier molecular flexibility index (Phi) is 4.24. The van der Waals surface area contributed by atoms with Crippen LogP contribution in [0.25, 0.3) is 0 Å². The van der Waals surface area contributed by atoms with Gasteiger partial charge in [0.1, 0.15) is 5.69 Å². The lowest BCUT2D eigenvalue weighted by Gasteiger charge is -2.35. The molecule has 2 fully saturated rings. The third-order valence-electron chi connectivity index (χ3n) is 6.80. The van der Waals surface area contributed by atoms with E-state index in [2.05, 4.69) is 40.1 Å². The number of aryl methyl sites for hydroxylation is 1. The van der Waals surface area contributed by atoms with Crippen molar-refractivity contribution in [1.29, 1.82) is 0 Å². The summed E-state index contributed by atoms with van der Waals surface area (Å²) in [7, 11) is 1.86. The van der Waals surface area contributed by atoms with Crippen molar-refractivity contribution in [2.75, 3.05) is 31.1 Å². The number of piperazine rings is 1. The first-order valence-corrected chi connectivity index (χ1v) is 10.7. The first-order chi connectivity index (χ1) is 13.9. The molecule has 2 aromatic heterocycles. The second-order valence-corrected chi connectivity index (χ2v) is 9.11. The molecule has 3 aliphatic rings. The Morgan fingerprint density at radius 1 is 1.24 bits per heavy atom. The van der Waals surface area contributed by atoms with E-state index in [4.69, 9.17) is 4.74 Å². The van der Waals surface area contributed by atoms with Crippen LogP contribution in [0.3, 0.4) is 0 Å². The molecule has 1 amide bonds. The number of ether oxygens (including phenoxy) is 1. The van der Waals surface area contributed by atoms with Gasteiger partial charge in [0.2, 0.25) is 0 Å². The molecule has 8 nitrogen and oxygen atoms in total. The number of aromatic nitrogens is 4. The van der Waals surface area contributed by atoms with Crippen molar-refractivity contribution in [3.8, 4) is 0 Å². The molecule has 29 heavy (non-hydrogen) atoms. The Morgan fingerprint density at radius 3 is 2.66 bits per heavy atom. The third-order valence-corrected chi connectivity index (χ3v) is 6.80. The lowest BCUT2D eigenvalue weighted by molar-refractivity contribution is -0.00714. The van der Waals surface area contributed by atoms with E-state index in [1.807, 2.05) is 18.9 Å². The van der Waals surface area contributed by atoms with Gasteiger partial charge in [-0.25, -0.2) is 0 Å². The zero-order valence-corrected chi connectivity index (χ0v) is 17.7. The fraction of sp³-hybridized carbons (Fsp3) is 0.667. The summed E-state index contributed by atoms with van der Waals surface area (Å²) >= 11 is 0. The quantitative estimate of drug-likeness (QED) is 0.857. The third kappa shape index (κ3) is 3.13. The maximum atomic E-state index is 13.3. The predicted octanol–water partition coefficient (Wildman–Crippen LogP) is 2.18. The summed E-state index contributed by atoms with van der Waals surface area (Å²) in [4.78, 5) is 17.6. The summed E-state index contributed by atoms with van der Waals surface area (Å²) in [5.41, 5.74) is 4.21. The van der Waals surface area contributed by atoms with Gasteiger partial charge >= 0.3 is 0 Å². The molecule has 1 saturated carbocycles. The Balaban J connectivity index is 1.29. The summed E-state index contributed by atoms with van der Waals surface area (Å²) in [6, 6.07) is 2.19. The van der Waals surface area contributed by atoms with E-state index in [1.54, 1.807) is 4.68 Å². The molecule has 0 spiro atoms. The molecule has 4 heterocycles. The second-order valence-electron chi connectivity index (χ2n) is 9.11. The second kappa shape index (κ2) is 6.58. The first kappa shape index (κ1) is 18.7. The van der Waals surface area contributed by atoms with Gasteiger partial charge < -0.3 is 14.5 Å². The van der Waals surface area contributed by atoms with Crippen molar-refractivity contribution in [3.63, 3.8) is 0 Å². The van der Waals surface area contributed by atoms with Gasteiger partial charge in [0, 0.05) is 62.4 Å². The average Bonchev–Trinajstić information content (AvgIpc) is 3.12. The van der Waals surface area contributed by atoms with E-state index >= 15 is 0 Å². The van der Waals surface area contributed by atoms with Crippen molar-refractivity contribution in [1.82, 2.24) is 24.9 Å². The van der Waals surface area contributed by atoms with Crippen LogP contribution in [-0.2, 0) is 23.6 Å². The van der Waals surface area contributed by atoms with Gasteiger partial charge in [-0.1, -0.05) is 6.92 Å². The van der Waals surface area contributed by atoms with Crippen molar-refractivity contribution in [2.45, 2.75) is 57.7 Å². The van der Waals surface area contributed by atoms with E-state index in [9.17, 15) is 4.79 Å². The monoisotopic (exact) mass is 398 g/mol. The zero-order valence-electron chi connectivity index (χ0n) is 17.7. The molecule has 1 N–H and O–H groups in total. The van der Waals surface area contributed by atoms with Crippen LogP contribution in [0.15, 0.2) is 6.07 Å². The lowest BCUT2D eigenvalue weighted by Crippen LogP contribution is -2.49.